The minimum Gasteiger partial charge on any atom is -0.376 e. The maximum Gasteiger partial charge on any atom is 0.0700 e. The van der Waals surface area contributed by atoms with Gasteiger partial charge in [-0.3, -0.25) is 9.80 Å². The van der Waals surface area contributed by atoms with Crippen molar-refractivity contribution in [1.29, 1.82) is 0 Å². The fourth-order valence-corrected chi connectivity index (χ4v) is 3.10. The molecule has 0 aromatic rings. The van der Waals surface area contributed by atoms with Crippen molar-refractivity contribution in [2.45, 2.75) is 58.4 Å². The molecule has 2 rings (SSSR count). The van der Waals surface area contributed by atoms with Crippen LogP contribution in [-0.4, -0.2) is 73.5 Å². The molecule has 0 N–H and O–H groups in total. The molecular formula is C15H30N2O2. The summed E-state index contributed by atoms with van der Waals surface area (Å²) in [5.41, 5.74) is 0. The Morgan fingerprint density at radius 3 is 1.63 bits per heavy atom. The van der Waals surface area contributed by atoms with Gasteiger partial charge in [-0.15, -0.1) is 0 Å². The van der Waals surface area contributed by atoms with Crippen LogP contribution in [0.3, 0.4) is 0 Å². The molecule has 2 aliphatic rings. The second-order valence-corrected chi connectivity index (χ2v) is 6.06. The summed E-state index contributed by atoms with van der Waals surface area (Å²) in [6.45, 7) is 15.2. The van der Waals surface area contributed by atoms with Gasteiger partial charge in [0.1, 0.15) is 0 Å². The van der Waals surface area contributed by atoms with E-state index in [0.29, 0.717) is 24.3 Å². The summed E-state index contributed by atoms with van der Waals surface area (Å²) in [5.74, 6) is 0. The molecule has 4 atom stereocenters. The lowest BCUT2D eigenvalue weighted by molar-refractivity contribution is -0.0654. The summed E-state index contributed by atoms with van der Waals surface area (Å²) in [7, 11) is 0. The molecule has 2 heterocycles. The number of morpholine rings is 2. The van der Waals surface area contributed by atoms with Crippen LogP contribution < -0.4 is 0 Å². The normalized spacial score (nSPS) is 38.5. The first kappa shape index (κ1) is 15.2. The summed E-state index contributed by atoms with van der Waals surface area (Å²) < 4.78 is 11.4. The highest BCUT2D eigenvalue weighted by Gasteiger charge is 2.27. The Morgan fingerprint density at radius 2 is 1.21 bits per heavy atom. The smallest absolute Gasteiger partial charge is 0.0700 e. The molecule has 0 bridgehead atoms. The molecule has 0 aromatic heterocycles. The van der Waals surface area contributed by atoms with Crippen molar-refractivity contribution in [2.75, 3.05) is 39.4 Å². The molecule has 0 saturated carbocycles. The molecule has 19 heavy (non-hydrogen) atoms. The first-order chi connectivity index (χ1) is 9.09. The maximum absolute atomic E-state index is 5.68. The Kier molecular flexibility index (Phi) is 5.63. The lowest BCUT2D eigenvalue weighted by Crippen LogP contribution is -2.51. The number of hydrogen-bond acceptors (Lipinski definition) is 4. The highest BCUT2D eigenvalue weighted by Crippen LogP contribution is 2.16. The largest absolute Gasteiger partial charge is 0.376 e. The SMILES string of the molecule is C[C@@H]1OCCN(CCCN2CCO[C@H](C)[C@@H]2C)[C@@H]1C. The van der Waals surface area contributed by atoms with Gasteiger partial charge in [-0.25, -0.2) is 0 Å². The van der Waals surface area contributed by atoms with Crippen LogP contribution in [0, 0.1) is 0 Å². The topological polar surface area (TPSA) is 24.9 Å². The van der Waals surface area contributed by atoms with Crippen LogP contribution in [0.1, 0.15) is 34.1 Å². The first-order valence-electron chi connectivity index (χ1n) is 7.81. The monoisotopic (exact) mass is 270 g/mol. The van der Waals surface area contributed by atoms with Crippen molar-refractivity contribution in [2.24, 2.45) is 0 Å². The lowest BCUT2D eigenvalue weighted by Gasteiger charge is -2.40. The molecule has 0 unspecified atom stereocenters. The van der Waals surface area contributed by atoms with E-state index < -0.39 is 0 Å². The quantitative estimate of drug-likeness (QED) is 0.774. The fourth-order valence-electron chi connectivity index (χ4n) is 3.10. The molecule has 0 spiro atoms. The van der Waals surface area contributed by atoms with Gasteiger partial charge < -0.3 is 9.47 Å². The minimum atomic E-state index is 0.371. The molecule has 4 heteroatoms. The molecule has 2 aliphatic heterocycles. The van der Waals surface area contributed by atoms with Crippen molar-refractivity contribution >= 4 is 0 Å². The molecule has 0 amide bonds. The zero-order valence-electron chi connectivity index (χ0n) is 13.0. The van der Waals surface area contributed by atoms with Gasteiger partial charge in [0.25, 0.3) is 0 Å². The molecule has 0 aromatic carbocycles. The second kappa shape index (κ2) is 7.02. The Bertz CT molecular complexity index is 249. The zero-order valence-corrected chi connectivity index (χ0v) is 13.0. The summed E-state index contributed by atoms with van der Waals surface area (Å²) in [6.07, 6.45) is 1.99. The molecule has 4 nitrogen and oxygen atoms in total. The highest BCUT2D eigenvalue weighted by molar-refractivity contribution is 4.80. The zero-order chi connectivity index (χ0) is 13.8. The van der Waals surface area contributed by atoms with Crippen LogP contribution in [0.25, 0.3) is 0 Å². The van der Waals surface area contributed by atoms with Crippen molar-refractivity contribution in [3.05, 3.63) is 0 Å². The Balaban J connectivity index is 1.71. The minimum absolute atomic E-state index is 0.371. The highest BCUT2D eigenvalue weighted by atomic mass is 16.5. The van der Waals surface area contributed by atoms with E-state index in [-0.39, 0.29) is 0 Å². The first-order valence-corrected chi connectivity index (χ1v) is 7.81. The van der Waals surface area contributed by atoms with Gasteiger partial charge in [0.15, 0.2) is 0 Å². The summed E-state index contributed by atoms with van der Waals surface area (Å²) >= 11 is 0. The van der Waals surface area contributed by atoms with Gasteiger partial charge in [-0.2, -0.15) is 0 Å². The Morgan fingerprint density at radius 1 is 0.789 bits per heavy atom. The third-order valence-corrected chi connectivity index (χ3v) is 4.92. The van der Waals surface area contributed by atoms with E-state index in [1.165, 1.54) is 19.5 Å². The summed E-state index contributed by atoms with van der Waals surface area (Å²) in [6, 6.07) is 1.10. The molecule has 112 valence electrons. The molecule has 2 fully saturated rings. The molecular weight excluding hydrogens is 240 g/mol. The van der Waals surface area contributed by atoms with Crippen molar-refractivity contribution in [3.63, 3.8) is 0 Å². The maximum atomic E-state index is 5.68. The van der Waals surface area contributed by atoms with E-state index in [1.54, 1.807) is 0 Å². The number of rotatable bonds is 4. The lowest BCUT2D eigenvalue weighted by atomic mass is 10.1. The van der Waals surface area contributed by atoms with E-state index in [1.807, 2.05) is 0 Å². The predicted octanol–water partition coefficient (Wildman–Crippen LogP) is 1.59. The van der Waals surface area contributed by atoms with Gasteiger partial charge in [0, 0.05) is 25.2 Å². The van der Waals surface area contributed by atoms with Crippen molar-refractivity contribution in [3.8, 4) is 0 Å². The van der Waals surface area contributed by atoms with E-state index in [9.17, 15) is 0 Å². The van der Waals surface area contributed by atoms with E-state index in [4.69, 9.17) is 9.47 Å². The Labute approximate surface area is 118 Å². The van der Waals surface area contributed by atoms with Gasteiger partial charge >= 0.3 is 0 Å². The van der Waals surface area contributed by atoms with Gasteiger partial charge in [-0.1, -0.05) is 0 Å². The van der Waals surface area contributed by atoms with Crippen LogP contribution in [0.15, 0.2) is 0 Å². The third-order valence-electron chi connectivity index (χ3n) is 4.92. The average Bonchev–Trinajstić information content (AvgIpc) is 2.39. The third kappa shape index (κ3) is 3.91. The van der Waals surface area contributed by atoms with E-state index >= 15 is 0 Å². The fraction of sp³-hybridized carbons (Fsp3) is 1.00. The van der Waals surface area contributed by atoms with Crippen LogP contribution in [0.4, 0.5) is 0 Å². The van der Waals surface area contributed by atoms with Crippen molar-refractivity contribution < 1.29 is 9.47 Å². The molecule has 0 aliphatic carbocycles. The van der Waals surface area contributed by atoms with Gasteiger partial charge in [0.05, 0.1) is 25.4 Å². The molecule has 2 saturated heterocycles. The summed E-state index contributed by atoms with van der Waals surface area (Å²) in [4.78, 5) is 5.14. The molecule has 0 radical (unpaired) electrons. The number of ether oxygens (including phenoxy) is 2. The second-order valence-electron chi connectivity index (χ2n) is 6.06. The van der Waals surface area contributed by atoms with E-state index in [0.717, 1.165) is 26.3 Å². The van der Waals surface area contributed by atoms with Crippen LogP contribution >= 0.6 is 0 Å². The number of nitrogens with zero attached hydrogens (tertiary/aromatic N) is 2. The van der Waals surface area contributed by atoms with Crippen LogP contribution in [0.2, 0.25) is 0 Å². The van der Waals surface area contributed by atoms with Gasteiger partial charge in [-0.05, 0) is 47.2 Å². The van der Waals surface area contributed by atoms with Gasteiger partial charge in [0.2, 0.25) is 0 Å². The van der Waals surface area contributed by atoms with Crippen molar-refractivity contribution in [1.82, 2.24) is 9.80 Å². The number of hydrogen-bond donors (Lipinski definition) is 0. The van der Waals surface area contributed by atoms with E-state index in [2.05, 4.69) is 37.5 Å². The average molecular weight is 270 g/mol. The van der Waals surface area contributed by atoms with Crippen LogP contribution in [-0.2, 0) is 9.47 Å². The predicted molar refractivity (Wildman–Crippen MR) is 77.5 cm³/mol. The standard InChI is InChI=1S/C15H30N2O2/c1-12-14(3)18-10-8-16(12)6-5-7-17-9-11-19-15(4)13(17)2/h12-15H,5-11H2,1-4H3/t12-,13+,14+,15-. The summed E-state index contributed by atoms with van der Waals surface area (Å²) in [5, 5.41) is 0. The Hall–Kier alpha value is -0.160. The van der Waals surface area contributed by atoms with Crippen LogP contribution in [0.5, 0.6) is 0 Å².